The van der Waals surface area contributed by atoms with Gasteiger partial charge in [0.25, 0.3) is 0 Å². The predicted molar refractivity (Wildman–Crippen MR) is 96.0 cm³/mol. The van der Waals surface area contributed by atoms with Crippen LogP contribution in [-0.4, -0.2) is 29.3 Å². The third kappa shape index (κ3) is 17.3. The molecule has 0 bridgehead atoms. The summed E-state index contributed by atoms with van der Waals surface area (Å²) in [6.07, 6.45) is 17.4. The van der Waals surface area contributed by atoms with E-state index in [1.165, 1.54) is 38.5 Å². The van der Waals surface area contributed by atoms with Gasteiger partial charge >= 0.3 is 35.5 Å². The summed E-state index contributed by atoms with van der Waals surface area (Å²) in [6, 6.07) is 0. The summed E-state index contributed by atoms with van der Waals surface area (Å²) in [5, 5.41) is 6.93. The van der Waals surface area contributed by atoms with E-state index in [0.29, 0.717) is 6.42 Å². The molecular formula is C18H33NaO5S. The first-order valence-electron chi connectivity index (χ1n) is 9.22. The van der Waals surface area contributed by atoms with E-state index in [1.807, 2.05) is 0 Å². The second kappa shape index (κ2) is 17.5. The Labute approximate surface area is 175 Å². The van der Waals surface area contributed by atoms with Crippen LogP contribution >= 0.6 is 0 Å². The number of hydrogen-bond donors (Lipinski definition) is 1. The van der Waals surface area contributed by atoms with Gasteiger partial charge in [-0.05, 0) is 32.1 Å². The molecule has 0 aromatic rings. The van der Waals surface area contributed by atoms with E-state index < -0.39 is 21.3 Å². The molecule has 1 atom stereocenters. The van der Waals surface area contributed by atoms with Crippen molar-refractivity contribution < 1.29 is 52.4 Å². The van der Waals surface area contributed by atoms with E-state index in [0.717, 1.165) is 32.1 Å². The van der Waals surface area contributed by atoms with Crippen molar-refractivity contribution in [3.8, 4) is 0 Å². The smallest absolute Gasteiger partial charge is 0.747 e. The van der Waals surface area contributed by atoms with Crippen molar-refractivity contribution in [2.45, 2.75) is 95.6 Å². The van der Waals surface area contributed by atoms with Gasteiger partial charge in [0.1, 0.15) is 15.4 Å². The molecule has 0 heterocycles. The first-order chi connectivity index (χ1) is 11.4. The second-order valence-electron chi connectivity index (χ2n) is 6.34. The van der Waals surface area contributed by atoms with E-state index in [1.54, 1.807) is 0 Å². The second-order valence-corrected chi connectivity index (χ2v) is 7.89. The molecule has 0 spiro atoms. The van der Waals surface area contributed by atoms with Crippen molar-refractivity contribution >= 4 is 16.1 Å². The van der Waals surface area contributed by atoms with Crippen molar-refractivity contribution in [2.24, 2.45) is 0 Å². The van der Waals surface area contributed by atoms with Crippen LogP contribution in [-0.2, 0) is 14.9 Å². The van der Waals surface area contributed by atoms with Crippen molar-refractivity contribution in [1.82, 2.24) is 0 Å². The molecule has 0 amide bonds. The van der Waals surface area contributed by atoms with Gasteiger partial charge in [-0.25, -0.2) is 8.42 Å². The fraction of sp³-hybridized carbons (Fsp3) is 0.833. The summed E-state index contributed by atoms with van der Waals surface area (Å²) in [6.45, 7) is 2.22. The number of unbranched alkanes of at least 4 members (excludes halogenated alkanes) is 10. The molecule has 0 saturated heterocycles. The van der Waals surface area contributed by atoms with Gasteiger partial charge in [0, 0.05) is 0 Å². The Morgan fingerprint density at radius 3 is 1.80 bits per heavy atom. The molecule has 0 fully saturated rings. The minimum atomic E-state index is -4.74. The van der Waals surface area contributed by atoms with Gasteiger partial charge in [-0.1, -0.05) is 70.4 Å². The Morgan fingerprint density at radius 1 is 0.920 bits per heavy atom. The zero-order chi connectivity index (χ0) is 18.3. The van der Waals surface area contributed by atoms with E-state index in [2.05, 4.69) is 19.1 Å². The van der Waals surface area contributed by atoms with Crippen LogP contribution < -0.4 is 29.6 Å². The number of allylic oxidation sites excluding steroid dienone is 2. The van der Waals surface area contributed by atoms with Crippen LogP contribution in [0, 0.1) is 0 Å². The molecule has 0 saturated carbocycles. The topological polar surface area (TPSA) is 94.5 Å². The van der Waals surface area contributed by atoms with Gasteiger partial charge in [0.15, 0.2) is 0 Å². The van der Waals surface area contributed by atoms with Crippen LogP contribution in [0.1, 0.15) is 90.4 Å². The monoisotopic (exact) mass is 384 g/mol. The Balaban J connectivity index is 0. The van der Waals surface area contributed by atoms with Crippen molar-refractivity contribution in [3.05, 3.63) is 12.2 Å². The maximum Gasteiger partial charge on any atom is 1.00 e. The maximum absolute atomic E-state index is 10.8. The first kappa shape index (κ1) is 27.3. The molecule has 7 heteroatoms. The third-order valence-electron chi connectivity index (χ3n) is 4.10. The van der Waals surface area contributed by atoms with E-state index in [9.17, 15) is 17.8 Å². The summed E-state index contributed by atoms with van der Waals surface area (Å²) in [4.78, 5) is 10.7. The number of rotatable bonds is 16. The number of carboxylic acid groups (broad SMARTS) is 1. The van der Waals surface area contributed by atoms with Gasteiger partial charge in [-0.3, -0.25) is 4.79 Å². The summed E-state index contributed by atoms with van der Waals surface area (Å²) in [5.41, 5.74) is 0. The van der Waals surface area contributed by atoms with E-state index in [4.69, 9.17) is 5.11 Å². The normalized spacial score (nSPS) is 12.9. The van der Waals surface area contributed by atoms with Gasteiger partial charge < -0.3 is 9.66 Å². The number of carboxylic acids is 1. The molecule has 142 valence electrons. The van der Waals surface area contributed by atoms with E-state index >= 15 is 0 Å². The minimum absolute atomic E-state index is 0. The van der Waals surface area contributed by atoms with Gasteiger partial charge in [-0.2, -0.15) is 0 Å². The molecule has 0 rings (SSSR count). The number of hydrogen-bond acceptors (Lipinski definition) is 4. The average Bonchev–Trinajstić information content (AvgIpc) is 2.49. The average molecular weight is 385 g/mol. The number of carbonyl (C=O) groups is 1. The third-order valence-corrected chi connectivity index (χ3v) is 5.24. The van der Waals surface area contributed by atoms with Gasteiger partial charge in [0.2, 0.25) is 0 Å². The van der Waals surface area contributed by atoms with E-state index in [-0.39, 0.29) is 36.0 Å². The van der Waals surface area contributed by atoms with Crippen LogP contribution in [0.4, 0.5) is 0 Å². The molecule has 0 radical (unpaired) electrons. The molecule has 5 nitrogen and oxygen atoms in total. The first-order valence-corrected chi connectivity index (χ1v) is 10.7. The van der Waals surface area contributed by atoms with Crippen LogP contribution in [0.3, 0.4) is 0 Å². The zero-order valence-electron chi connectivity index (χ0n) is 15.9. The largest absolute Gasteiger partial charge is 1.00 e. The summed E-state index contributed by atoms with van der Waals surface area (Å²) < 4.78 is 32.4. The van der Waals surface area contributed by atoms with Crippen molar-refractivity contribution in [1.29, 1.82) is 0 Å². The molecule has 1 N–H and O–H groups in total. The molecule has 0 aromatic carbocycles. The van der Waals surface area contributed by atoms with Crippen LogP contribution in [0.5, 0.6) is 0 Å². The summed E-state index contributed by atoms with van der Waals surface area (Å²) in [5.74, 6) is -1.54. The molecule has 1 unspecified atom stereocenters. The quantitative estimate of drug-likeness (QED) is 0.189. The van der Waals surface area contributed by atoms with Crippen molar-refractivity contribution in [3.63, 3.8) is 0 Å². The molecule has 0 aromatic heterocycles. The summed E-state index contributed by atoms with van der Waals surface area (Å²) >= 11 is 0. The summed E-state index contributed by atoms with van der Waals surface area (Å²) in [7, 11) is -4.74. The van der Waals surface area contributed by atoms with Crippen LogP contribution in [0.2, 0.25) is 0 Å². The number of aliphatic carboxylic acids is 1. The molecule has 0 aliphatic rings. The Bertz CT molecular complexity index is 448. The molecule has 0 aliphatic heterocycles. The standard InChI is InChI=1S/C18H34O5S.Na/c1-2-3-4-5-6-7-8-9-10-11-12-13-14-15-16-17(18(19)20)24(21,22)23;/h9-10,17H,2-8,11-16H2,1H3,(H,19,20)(H,21,22,23);/q;+1/p-1. The Kier molecular flexibility index (Phi) is 19.2. The molecule has 0 aliphatic carbocycles. The fourth-order valence-corrected chi connectivity index (χ4v) is 3.32. The Hall–Kier alpha value is 0.120. The zero-order valence-corrected chi connectivity index (χ0v) is 18.7. The SMILES string of the molecule is CCCCCCCCC=CCCCCCCC(C(=O)O)S(=O)(=O)[O-].[Na+]. The van der Waals surface area contributed by atoms with Gasteiger partial charge in [0.05, 0.1) is 0 Å². The van der Waals surface area contributed by atoms with Gasteiger partial charge in [-0.15, -0.1) is 0 Å². The Morgan fingerprint density at radius 2 is 1.36 bits per heavy atom. The fourth-order valence-electron chi connectivity index (χ4n) is 2.61. The van der Waals surface area contributed by atoms with Crippen LogP contribution in [0.25, 0.3) is 0 Å². The molecule has 25 heavy (non-hydrogen) atoms. The predicted octanol–water partition coefficient (Wildman–Crippen LogP) is 1.64. The van der Waals surface area contributed by atoms with Crippen molar-refractivity contribution in [2.75, 3.05) is 0 Å². The van der Waals surface area contributed by atoms with Crippen LogP contribution in [0.15, 0.2) is 12.2 Å². The maximum atomic E-state index is 10.8. The molecular weight excluding hydrogens is 351 g/mol. The minimum Gasteiger partial charge on any atom is -0.747 e.